The minimum Gasteiger partial charge on any atom is -0.323 e. The molecule has 1 aromatic heterocycles. The van der Waals surface area contributed by atoms with E-state index in [2.05, 4.69) is 16.4 Å². The van der Waals surface area contributed by atoms with Crippen LogP contribution in [-0.2, 0) is 11.2 Å². The van der Waals surface area contributed by atoms with Gasteiger partial charge in [-0.1, -0.05) is 29.8 Å². The first-order chi connectivity index (χ1) is 9.24. The molecule has 0 aliphatic carbocycles. The van der Waals surface area contributed by atoms with Crippen molar-refractivity contribution in [2.24, 2.45) is 0 Å². The van der Waals surface area contributed by atoms with Crippen LogP contribution in [0.3, 0.4) is 0 Å². The highest BCUT2D eigenvalue weighted by Gasteiger charge is 2.28. The van der Waals surface area contributed by atoms with Crippen molar-refractivity contribution in [3.8, 4) is 0 Å². The predicted molar refractivity (Wildman–Crippen MR) is 77.7 cm³/mol. The second kappa shape index (κ2) is 5.23. The fraction of sp³-hybridized carbons (Fsp3) is 0.143. The van der Waals surface area contributed by atoms with E-state index in [0.29, 0.717) is 10.7 Å². The van der Waals surface area contributed by atoms with Gasteiger partial charge in [0.05, 0.1) is 22.2 Å². The van der Waals surface area contributed by atoms with Crippen molar-refractivity contribution in [3.63, 3.8) is 0 Å². The smallest absolute Gasteiger partial charge is 0.238 e. The summed E-state index contributed by atoms with van der Waals surface area (Å²) in [6, 6.07) is 9.76. The van der Waals surface area contributed by atoms with Crippen LogP contribution in [-0.4, -0.2) is 16.1 Å². The van der Waals surface area contributed by atoms with Crippen LogP contribution < -0.4 is 5.32 Å². The molecule has 0 saturated carbocycles. The molecule has 1 N–H and O–H groups in total. The lowest BCUT2D eigenvalue weighted by molar-refractivity contribution is -0.115. The van der Waals surface area contributed by atoms with Gasteiger partial charge in [-0.3, -0.25) is 9.78 Å². The van der Waals surface area contributed by atoms with E-state index in [1.165, 1.54) is 10.5 Å². The molecule has 1 unspecified atom stereocenters. The second-order valence-corrected chi connectivity index (χ2v) is 5.91. The summed E-state index contributed by atoms with van der Waals surface area (Å²) >= 11 is 7.60. The molecule has 2 heterocycles. The first-order valence-corrected chi connectivity index (χ1v) is 7.15. The van der Waals surface area contributed by atoms with Gasteiger partial charge in [0.1, 0.15) is 0 Å². The Morgan fingerprint density at radius 1 is 1.37 bits per heavy atom. The summed E-state index contributed by atoms with van der Waals surface area (Å²) in [6.07, 6.45) is 3.91. The molecule has 0 bridgehead atoms. The highest BCUT2D eigenvalue weighted by Crippen LogP contribution is 2.37. The topological polar surface area (TPSA) is 42.0 Å². The fourth-order valence-electron chi connectivity index (χ4n) is 2.01. The van der Waals surface area contributed by atoms with Gasteiger partial charge in [0, 0.05) is 11.1 Å². The monoisotopic (exact) mass is 290 g/mol. The van der Waals surface area contributed by atoms with Crippen LogP contribution in [0.15, 0.2) is 47.6 Å². The van der Waals surface area contributed by atoms with Gasteiger partial charge in [0.15, 0.2) is 0 Å². The van der Waals surface area contributed by atoms with E-state index in [1.807, 2.05) is 18.2 Å². The summed E-state index contributed by atoms with van der Waals surface area (Å²) in [5.41, 5.74) is 1.79. The summed E-state index contributed by atoms with van der Waals surface area (Å²) < 4.78 is 0. The number of fused-ring (bicyclic) bond motifs is 1. The van der Waals surface area contributed by atoms with Crippen molar-refractivity contribution in [1.82, 2.24) is 4.98 Å². The molecule has 96 valence electrons. The molecule has 1 aliphatic rings. The van der Waals surface area contributed by atoms with Gasteiger partial charge >= 0.3 is 0 Å². The Morgan fingerprint density at radius 3 is 3.00 bits per heavy atom. The Hall–Kier alpha value is -1.52. The summed E-state index contributed by atoms with van der Waals surface area (Å²) in [7, 11) is 0. The summed E-state index contributed by atoms with van der Waals surface area (Å²) in [5, 5.41) is 3.23. The number of nitrogens with zero attached hydrogens (tertiary/aromatic N) is 1. The normalized spacial score (nSPS) is 17.0. The Kier molecular flexibility index (Phi) is 3.44. The van der Waals surface area contributed by atoms with Crippen LogP contribution in [0.5, 0.6) is 0 Å². The van der Waals surface area contributed by atoms with Crippen molar-refractivity contribution in [1.29, 1.82) is 0 Å². The highest BCUT2D eigenvalue weighted by molar-refractivity contribution is 8.01. The fourth-order valence-corrected chi connectivity index (χ4v) is 3.36. The lowest BCUT2D eigenvalue weighted by Crippen LogP contribution is -2.24. The Balaban J connectivity index is 1.72. The third-order valence-corrected chi connectivity index (χ3v) is 4.61. The molecule has 1 amide bonds. The maximum Gasteiger partial charge on any atom is 0.238 e. The molecule has 1 atom stereocenters. The van der Waals surface area contributed by atoms with Crippen LogP contribution >= 0.6 is 23.4 Å². The van der Waals surface area contributed by atoms with Crippen LogP contribution in [0.2, 0.25) is 5.02 Å². The van der Waals surface area contributed by atoms with Gasteiger partial charge < -0.3 is 5.32 Å². The number of halogens is 1. The number of anilines is 1. The van der Waals surface area contributed by atoms with Crippen LogP contribution in [0, 0.1) is 0 Å². The average Bonchev–Trinajstić information content (AvgIpc) is 2.85. The first kappa shape index (κ1) is 12.5. The van der Waals surface area contributed by atoms with E-state index in [4.69, 9.17) is 11.6 Å². The SMILES string of the molecule is O=C(Nc1cnccc1Cl)C1Cc2ccccc2S1. The minimum atomic E-state index is -0.103. The minimum absolute atomic E-state index is 0.0314. The van der Waals surface area contributed by atoms with Gasteiger partial charge in [-0.05, 0) is 24.1 Å². The highest BCUT2D eigenvalue weighted by atomic mass is 35.5. The van der Waals surface area contributed by atoms with Gasteiger partial charge in [-0.15, -0.1) is 11.8 Å². The quantitative estimate of drug-likeness (QED) is 0.922. The standard InChI is InChI=1S/C14H11ClN2OS/c15-10-5-6-16-8-11(10)17-14(18)13-7-9-3-1-2-4-12(9)19-13/h1-6,8,13H,7H2,(H,17,18). The summed E-state index contributed by atoms with van der Waals surface area (Å²) in [5.74, 6) is -0.0314. The lowest BCUT2D eigenvalue weighted by Gasteiger charge is -2.10. The zero-order valence-electron chi connectivity index (χ0n) is 9.97. The molecular weight excluding hydrogens is 280 g/mol. The molecule has 3 rings (SSSR count). The Bertz CT molecular complexity index is 607. The predicted octanol–water partition coefficient (Wildman–Crippen LogP) is 3.39. The number of amides is 1. The molecule has 1 aromatic carbocycles. The second-order valence-electron chi connectivity index (χ2n) is 4.26. The van der Waals surface area contributed by atoms with E-state index >= 15 is 0 Å². The number of pyridine rings is 1. The molecule has 5 heteroatoms. The van der Waals surface area contributed by atoms with Crippen molar-refractivity contribution in [3.05, 3.63) is 53.3 Å². The molecular formula is C14H11ClN2OS. The number of nitrogens with one attached hydrogen (secondary N) is 1. The largest absolute Gasteiger partial charge is 0.323 e. The van der Waals surface area contributed by atoms with Crippen molar-refractivity contribution in [2.45, 2.75) is 16.6 Å². The van der Waals surface area contributed by atoms with Crippen LogP contribution in [0.4, 0.5) is 5.69 Å². The van der Waals surface area contributed by atoms with E-state index in [-0.39, 0.29) is 11.2 Å². The third kappa shape index (κ3) is 2.60. The Morgan fingerprint density at radius 2 is 2.21 bits per heavy atom. The van der Waals surface area contributed by atoms with Gasteiger partial charge in [0.25, 0.3) is 0 Å². The van der Waals surface area contributed by atoms with Crippen LogP contribution in [0.1, 0.15) is 5.56 Å². The number of rotatable bonds is 2. The third-order valence-electron chi connectivity index (χ3n) is 2.97. The van der Waals surface area contributed by atoms with E-state index in [1.54, 1.807) is 30.2 Å². The zero-order valence-corrected chi connectivity index (χ0v) is 11.5. The molecule has 0 spiro atoms. The molecule has 19 heavy (non-hydrogen) atoms. The molecule has 0 fully saturated rings. The number of aromatic nitrogens is 1. The molecule has 1 aliphatic heterocycles. The Labute approximate surface area is 120 Å². The van der Waals surface area contributed by atoms with Gasteiger partial charge in [0.2, 0.25) is 5.91 Å². The molecule has 0 radical (unpaired) electrons. The van der Waals surface area contributed by atoms with Crippen LogP contribution in [0.25, 0.3) is 0 Å². The van der Waals surface area contributed by atoms with E-state index in [0.717, 1.165) is 6.42 Å². The molecule has 3 nitrogen and oxygen atoms in total. The first-order valence-electron chi connectivity index (χ1n) is 5.89. The number of hydrogen-bond donors (Lipinski definition) is 1. The van der Waals surface area contributed by atoms with E-state index in [9.17, 15) is 4.79 Å². The number of benzene rings is 1. The summed E-state index contributed by atoms with van der Waals surface area (Å²) in [4.78, 5) is 17.4. The van der Waals surface area contributed by atoms with Crippen molar-refractivity contribution < 1.29 is 4.79 Å². The van der Waals surface area contributed by atoms with Gasteiger partial charge in [-0.25, -0.2) is 0 Å². The maximum absolute atomic E-state index is 12.2. The average molecular weight is 291 g/mol. The van der Waals surface area contributed by atoms with Crippen molar-refractivity contribution in [2.75, 3.05) is 5.32 Å². The number of carbonyl (C=O) groups is 1. The van der Waals surface area contributed by atoms with Gasteiger partial charge in [-0.2, -0.15) is 0 Å². The lowest BCUT2D eigenvalue weighted by atomic mass is 10.1. The number of thioether (sulfide) groups is 1. The van der Waals surface area contributed by atoms with Crippen molar-refractivity contribution >= 4 is 35.0 Å². The molecule has 2 aromatic rings. The number of carbonyl (C=O) groups excluding carboxylic acids is 1. The summed E-state index contributed by atoms with van der Waals surface area (Å²) in [6.45, 7) is 0. The molecule has 0 saturated heterocycles. The zero-order chi connectivity index (χ0) is 13.2. The number of hydrogen-bond acceptors (Lipinski definition) is 3. The maximum atomic E-state index is 12.2. The van der Waals surface area contributed by atoms with E-state index < -0.39 is 0 Å².